The van der Waals surface area contributed by atoms with E-state index in [-0.39, 0.29) is 11.5 Å². The zero-order chi connectivity index (χ0) is 12.6. The van der Waals surface area contributed by atoms with Gasteiger partial charge in [0.25, 0.3) is 0 Å². The molecule has 1 atom stereocenters. The van der Waals surface area contributed by atoms with Crippen molar-refractivity contribution in [1.29, 1.82) is 0 Å². The van der Waals surface area contributed by atoms with E-state index >= 15 is 0 Å². The molecule has 17 heavy (non-hydrogen) atoms. The number of hydrogen-bond acceptors (Lipinski definition) is 3. The third-order valence-electron chi connectivity index (χ3n) is 2.94. The first-order valence-corrected chi connectivity index (χ1v) is 6.77. The molecule has 0 spiro atoms. The van der Waals surface area contributed by atoms with Gasteiger partial charge in [0.1, 0.15) is 17.0 Å². The average Bonchev–Trinajstić information content (AvgIpc) is 2.65. The molecule has 0 bridgehead atoms. The van der Waals surface area contributed by atoms with Gasteiger partial charge in [0, 0.05) is 11.2 Å². The molecule has 5 heteroatoms. The topological polar surface area (TPSA) is 37.3 Å². The Labute approximate surface area is 114 Å². The number of hydrogen-bond donors (Lipinski definition) is 1. The molecule has 1 aliphatic rings. The van der Waals surface area contributed by atoms with Gasteiger partial charge in [0.15, 0.2) is 0 Å². The molecule has 1 N–H and O–H groups in total. The smallest absolute Gasteiger partial charge is 0.148 e. The lowest BCUT2D eigenvalue weighted by Gasteiger charge is -2.27. The van der Waals surface area contributed by atoms with Crippen molar-refractivity contribution in [2.75, 3.05) is 5.75 Å². The minimum atomic E-state index is -1.05. The minimum absolute atomic E-state index is 0.0409. The zero-order valence-electron chi connectivity index (χ0n) is 9.04. The lowest BCUT2D eigenvalue weighted by Crippen LogP contribution is -2.37. The Bertz CT molecular complexity index is 513. The minimum Gasteiger partial charge on any atom is -0.510 e. The molecule has 0 aliphatic carbocycles. The highest BCUT2D eigenvalue weighted by Gasteiger charge is 2.46. The largest absolute Gasteiger partial charge is 0.510 e. The number of aliphatic hydroxyl groups is 1. The Kier molecular flexibility index (Phi) is 3.43. The van der Waals surface area contributed by atoms with E-state index in [2.05, 4.69) is 0 Å². The molecule has 2 nitrogen and oxygen atoms in total. The maximum Gasteiger partial charge on any atom is 0.148 e. The van der Waals surface area contributed by atoms with Crippen LogP contribution in [-0.4, -0.2) is 16.6 Å². The first-order valence-electron chi connectivity index (χ1n) is 4.97. The van der Waals surface area contributed by atoms with E-state index in [9.17, 15) is 9.90 Å². The van der Waals surface area contributed by atoms with E-state index in [0.717, 1.165) is 0 Å². The number of allylic oxidation sites excluding steroid dienone is 1. The molecule has 1 unspecified atom stereocenters. The van der Waals surface area contributed by atoms with Gasteiger partial charge in [-0.1, -0.05) is 35.3 Å². The molecule has 2 rings (SSSR count). The van der Waals surface area contributed by atoms with Gasteiger partial charge >= 0.3 is 0 Å². The third kappa shape index (κ3) is 1.86. The van der Waals surface area contributed by atoms with Crippen LogP contribution in [0.15, 0.2) is 29.4 Å². The number of carbonyl (C=O) groups excluding carboxylic acids is 1. The molecule has 90 valence electrons. The monoisotopic (exact) mass is 288 g/mol. The Morgan fingerprint density at radius 1 is 1.47 bits per heavy atom. The van der Waals surface area contributed by atoms with Gasteiger partial charge in [0.05, 0.1) is 10.0 Å². The van der Waals surface area contributed by atoms with Crippen LogP contribution in [0.3, 0.4) is 0 Å². The fraction of sp³-hybridized carbons (Fsp3) is 0.250. The molecule has 0 amide bonds. The zero-order valence-corrected chi connectivity index (χ0v) is 11.4. The molecule has 1 aliphatic heterocycles. The van der Waals surface area contributed by atoms with Crippen molar-refractivity contribution in [3.05, 3.63) is 45.0 Å². The summed E-state index contributed by atoms with van der Waals surface area (Å²) in [4.78, 5) is 11.9. The van der Waals surface area contributed by atoms with Crippen LogP contribution in [0.5, 0.6) is 0 Å². The van der Waals surface area contributed by atoms with E-state index in [1.54, 1.807) is 23.6 Å². The molecule has 0 aromatic heterocycles. The van der Waals surface area contributed by atoms with Crippen molar-refractivity contribution in [3.63, 3.8) is 0 Å². The number of thioether (sulfide) groups is 1. The number of Topliss-reactive ketones (excluding diaryl/α,β-unsaturated/α-hetero) is 1. The van der Waals surface area contributed by atoms with Crippen molar-refractivity contribution in [2.45, 2.75) is 12.3 Å². The van der Waals surface area contributed by atoms with Crippen LogP contribution >= 0.6 is 35.0 Å². The number of rotatable bonds is 2. The first-order chi connectivity index (χ1) is 8.00. The number of halogens is 2. The molecular formula is C12H10Cl2O2S. The van der Waals surface area contributed by atoms with E-state index < -0.39 is 5.41 Å². The molecule has 0 fully saturated rings. The third-order valence-corrected chi connectivity index (χ3v) is 4.75. The number of benzene rings is 1. The molecule has 1 aromatic rings. The van der Waals surface area contributed by atoms with Crippen molar-refractivity contribution in [2.24, 2.45) is 0 Å². The van der Waals surface area contributed by atoms with Crippen LogP contribution in [-0.2, 0) is 10.2 Å². The predicted octanol–water partition coefficient (Wildman–Crippen LogP) is 3.97. The molecule has 0 saturated carbocycles. The summed E-state index contributed by atoms with van der Waals surface area (Å²) in [6.07, 6.45) is 0. The van der Waals surface area contributed by atoms with Gasteiger partial charge in [-0.25, -0.2) is 0 Å². The van der Waals surface area contributed by atoms with Crippen LogP contribution < -0.4 is 0 Å². The summed E-state index contributed by atoms with van der Waals surface area (Å²) in [5.74, 6) is 0.355. The Morgan fingerprint density at radius 2 is 2.18 bits per heavy atom. The second-order valence-electron chi connectivity index (χ2n) is 3.88. The lowest BCUT2D eigenvalue weighted by molar-refractivity contribution is -0.121. The van der Waals surface area contributed by atoms with Gasteiger partial charge in [-0.2, -0.15) is 0 Å². The van der Waals surface area contributed by atoms with Crippen LogP contribution in [0, 0.1) is 0 Å². The van der Waals surface area contributed by atoms with Crippen LogP contribution in [0.25, 0.3) is 0 Å². The van der Waals surface area contributed by atoms with Gasteiger partial charge in [-0.3, -0.25) is 4.79 Å². The Balaban J connectivity index is 2.67. The fourth-order valence-corrected chi connectivity index (χ4v) is 3.60. The summed E-state index contributed by atoms with van der Waals surface area (Å²) in [5, 5.41) is 12.3. The average molecular weight is 289 g/mol. The normalized spacial score (nSPS) is 23.6. The van der Waals surface area contributed by atoms with Crippen molar-refractivity contribution >= 4 is 40.7 Å². The first kappa shape index (κ1) is 12.8. The highest BCUT2D eigenvalue weighted by molar-refractivity contribution is 8.02. The van der Waals surface area contributed by atoms with Crippen LogP contribution in [0.2, 0.25) is 10.0 Å². The lowest BCUT2D eigenvalue weighted by atomic mass is 9.77. The van der Waals surface area contributed by atoms with Crippen molar-refractivity contribution in [1.82, 2.24) is 0 Å². The Morgan fingerprint density at radius 3 is 2.71 bits per heavy atom. The summed E-state index contributed by atoms with van der Waals surface area (Å²) < 4.78 is 0. The highest BCUT2D eigenvalue weighted by atomic mass is 35.5. The second-order valence-corrected chi connectivity index (χ2v) is 5.52. The summed E-state index contributed by atoms with van der Waals surface area (Å²) in [7, 11) is 0. The molecular weight excluding hydrogens is 279 g/mol. The maximum absolute atomic E-state index is 11.9. The van der Waals surface area contributed by atoms with E-state index in [1.165, 1.54) is 18.7 Å². The van der Waals surface area contributed by atoms with E-state index in [1.807, 2.05) is 0 Å². The summed E-state index contributed by atoms with van der Waals surface area (Å²) in [6.45, 7) is 1.45. The van der Waals surface area contributed by atoms with Gasteiger partial charge in [0.2, 0.25) is 0 Å². The molecule has 1 heterocycles. The molecule has 1 aromatic carbocycles. The highest BCUT2D eigenvalue weighted by Crippen LogP contribution is 2.45. The SMILES string of the molecule is CC(=O)C1(c2cccc(Cl)c2Cl)CSC=C1O. The second kappa shape index (κ2) is 4.56. The summed E-state index contributed by atoms with van der Waals surface area (Å²) in [5.41, 5.74) is -0.481. The van der Waals surface area contributed by atoms with E-state index in [0.29, 0.717) is 21.4 Å². The van der Waals surface area contributed by atoms with Crippen molar-refractivity contribution < 1.29 is 9.90 Å². The van der Waals surface area contributed by atoms with Crippen LogP contribution in [0.1, 0.15) is 12.5 Å². The fourth-order valence-electron chi connectivity index (χ4n) is 1.94. The van der Waals surface area contributed by atoms with Crippen molar-refractivity contribution in [3.8, 4) is 0 Å². The maximum atomic E-state index is 11.9. The molecule has 0 saturated heterocycles. The van der Waals surface area contributed by atoms with Gasteiger partial charge in [-0.15, -0.1) is 11.8 Å². The standard InChI is InChI=1S/C12H10Cl2O2S/c1-7(15)12(6-17-5-10(12)16)8-3-2-4-9(13)11(8)14/h2-5,16H,6H2,1H3. The van der Waals surface area contributed by atoms with E-state index in [4.69, 9.17) is 23.2 Å². The number of carbonyl (C=O) groups is 1. The number of aliphatic hydroxyl groups excluding tert-OH is 1. The predicted molar refractivity (Wildman–Crippen MR) is 72.0 cm³/mol. The van der Waals surface area contributed by atoms with Crippen LogP contribution in [0.4, 0.5) is 0 Å². The Hall–Kier alpha value is -0.640. The van der Waals surface area contributed by atoms with Gasteiger partial charge < -0.3 is 5.11 Å². The summed E-state index contributed by atoms with van der Waals surface area (Å²) in [6, 6.07) is 5.11. The quantitative estimate of drug-likeness (QED) is 0.895. The van der Waals surface area contributed by atoms with Gasteiger partial charge in [-0.05, 0) is 18.6 Å². The molecule has 0 radical (unpaired) electrons. The summed E-state index contributed by atoms with van der Waals surface area (Å²) >= 11 is 13.5. The number of ketones is 1.